The Hall–Kier alpha value is -1.39. The highest BCUT2D eigenvalue weighted by molar-refractivity contribution is 5.82. The molecule has 0 saturated heterocycles. The second kappa shape index (κ2) is 6.25. The second-order valence-corrected chi connectivity index (χ2v) is 3.80. The quantitative estimate of drug-likeness (QED) is 0.444. The summed E-state index contributed by atoms with van der Waals surface area (Å²) in [7, 11) is 1.93. The van der Waals surface area contributed by atoms with Gasteiger partial charge in [-0.15, -0.1) is 0 Å². The number of hydrogen-bond donors (Lipinski definition) is 2. The first-order chi connectivity index (χ1) is 7.70. The van der Waals surface area contributed by atoms with Crippen LogP contribution in [0, 0.1) is 0 Å². The lowest BCUT2D eigenvalue weighted by Gasteiger charge is -2.26. The zero-order valence-corrected chi connectivity index (χ0v) is 9.81. The molecule has 3 N–H and O–H groups in total. The van der Waals surface area contributed by atoms with Crippen molar-refractivity contribution in [3.8, 4) is 0 Å². The molecular formula is C12H19N3O. The minimum atomic E-state index is -0.314. The van der Waals surface area contributed by atoms with E-state index in [-0.39, 0.29) is 11.9 Å². The van der Waals surface area contributed by atoms with Crippen LogP contribution in [0.3, 0.4) is 0 Å². The van der Waals surface area contributed by atoms with Gasteiger partial charge in [0.2, 0.25) is 0 Å². The molecule has 0 radical (unpaired) electrons. The molecule has 0 saturated carbocycles. The maximum absolute atomic E-state index is 11.8. The number of carbonyl (C=O) groups is 1. The number of amides is 1. The molecule has 0 heterocycles. The number of rotatable bonds is 5. The van der Waals surface area contributed by atoms with Crippen LogP contribution in [0.15, 0.2) is 30.3 Å². The first kappa shape index (κ1) is 12.7. The lowest BCUT2D eigenvalue weighted by molar-refractivity contribution is -0.126. The fourth-order valence-electron chi connectivity index (χ4n) is 1.80. The Kier molecular flexibility index (Phi) is 4.95. The van der Waals surface area contributed by atoms with Crippen LogP contribution in [-0.2, 0) is 4.79 Å². The van der Waals surface area contributed by atoms with E-state index in [1.54, 1.807) is 0 Å². The maximum Gasteiger partial charge on any atom is 0.255 e. The van der Waals surface area contributed by atoms with E-state index in [4.69, 9.17) is 5.84 Å². The fraction of sp³-hybridized carbons (Fsp3) is 0.417. The Morgan fingerprint density at radius 1 is 1.44 bits per heavy atom. The molecular weight excluding hydrogens is 202 g/mol. The van der Waals surface area contributed by atoms with E-state index in [9.17, 15) is 4.79 Å². The highest BCUT2D eigenvalue weighted by Gasteiger charge is 2.23. The molecule has 1 aromatic rings. The molecule has 1 atom stereocenters. The number of benzene rings is 1. The van der Waals surface area contributed by atoms with Crippen molar-refractivity contribution < 1.29 is 4.79 Å². The van der Waals surface area contributed by atoms with Crippen LogP contribution in [0.4, 0.5) is 0 Å². The Bertz CT molecular complexity index is 326. The molecule has 4 heteroatoms. The van der Waals surface area contributed by atoms with Gasteiger partial charge in [0, 0.05) is 0 Å². The molecule has 4 nitrogen and oxygen atoms in total. The van der Waals surface area contributed by atoms with E-state index in [2.05, 4.69) is 12.3 Å². The summed E-state index contributed by atoms with van der Waals surface area (Å²) in [6, 6.07) is 9.34. The molecule has 1 unspecified atom stereocenters. The third-order valence-electron chi connectivity index (χ3n) is 2.52. The van der Waals surface area contributed by atoms with E-state index in [0.29, 0.717) is 0 Å². The molecule has 16 heavy (non-hydrogen) atoms. The van der Waals surface area contributed by atoms with E-state index < -0.39 is 0 Å². The zero-order chi connectivity index (χ0) is 12.0. The van der Waals surface area contributed by atoms with Crippen LogP contribution in [0.2, 0.25) is 0 Å². The second-order valence-electron chi connectivity index (χ2n) is 3.80. The standard InChI is InChI=1S/C12H19N3O/c1-3-9-15(2)11(12(16)14-13)10-7-5-4-6-8-10/h4-8,11H,3,9,13H2,1-2H3,(H,14,16). The van der Waals surface area contributed by atoms with Crippen LogP contribution in [0.1, 0.15) is 24.9 Å². The Morgan fingerprint density at radius 2 is 2.06 bits per heavy atom. The van der Waals surface area contributed by atoms with Crippen molar-refractivity contribution >= 4 is 5.91 Å². The molecule has 1 rings (SSSR count). The molecule has 1 amide bonds. The van der Waals surface area contributed by atoms with Gasteiger partial charge in [0.15, 0.2) is 0 Å². The predicted octanol–water partition coefficient (Wildman–Crippen LogP) is 1.06. The fourth-order valence-corrected chi connectivity index (χ4v) is 1.80. The average Bonchev–Trinajstić information content (AvgIpc) is 2.31. The predicted molar refractivity (Wildman–Crippen MR) is 64.4 cm³/mol. The van der Waals surface area contributed by atoms with Gasteiger partial charge in [-0.25, -0.2) is 5.84 Å². The molecule has 0 aliphatic carbocycles. The lowest BCUT2D eigenvalue weighted by Crippen LogP contribution is -2.42. The summed E-state index contributed by atoms with van der Waals surface area (Å²) in [5.74, 6) is 5.04. The molecule has 0 aromatic heterocycles. The zero-order valence-electron chi connectivity index (χ0n) is 9.81. The Morgan fingerprint density at radius 3 is 2.56 bits per heavy atom. The minimum absolute atomic E-state index is 0.179. The van der Waals surface area contributed by atoms with E-state index >= 15 is 0 Å². The summed E-state index contributed by atoms with van der Waals surface area (Å²) in [4.78, 5) is 13.7. The number of hydrogen-bond acceptors (Lipinski definition) is 3. The van der Waals surface area contributed by atoms with Crippen LogP contribution in [0.25, 0.3) is 0 Å². The van der Waals surface area contributed by atoms with Crippen molar-refractivity contribution in [1.29, 1.82) is 0 Å². The van der Waals surface area contributed by atoms with Gasteiger partial charge in [-0.05, 0) is 25.6 Å². The van der Waals surface area contributed by atoms with Gasteiger partial charge in [0.1, 0.15) is 6.04 Å². The van der Waals surface area contributed by atoms with E-state index in [1.165, 1.54) is 0 Å². The van der Waals surface area contributed by atoms with Crippen molar-refractivity contribution in [3.63, 3.8) is 0 Å². The third kappa shape index (κ3) is 3.05. The smallest absolute Gasteiger partial charge is 0.255 e. The van der Waals surface area contributed by atoms with Crippen molar-refractivity contribution in [2.75, 3.05) is 13.6 Å². The number of nitrogens with zero attached hydrogens (tertiary/aromatic N) is 1. The van der Waals surface area contributed by atoms with Crippen molar-refractivity contribution in [1.82, 2.24) is 10.3 Å². The summed E-state index contributed by atoms with van der Waals surface area (Å²) in [5, 5.41) is 0. The molecule has 0 fully saturated rings. The van der Waals surface area contributed by atoms with Gasteiger partial charge >= 0.3 is 0 Å². The average molecular weight is 221 g/mol. The Labute approximate surface area is 96.4 Å². The molecule has 1 aromatic carbocycles. The maximum atomic E-state index is 11.8. The summed E-state index contributed by atoms with van der Waals surface area (Å²) in [5.41, 5.74) is 3.18. The number of likely N-dealkylation sites (N-methyl/N-ethyl adjacent to an activating group) is 1. The van der Waals surface area contributed by atoms with E-state index in [0.717, 1.165) is 18.5 Å². The summed E-state index contributed by atoms with van der Waals surface area (Å²) in [6.07, 6.45) is 0.998. The largest absolute Gasteiger partial charge is 0.293 e. The highest BCUT2D eigenvalue weighted by atomic mass is 16.2. The van der Waals surface area contributed by atoms with Crippen LogP contribution >= 0.6 is 0 Å². The molecule has 0 spiro atoms. The molecule has 0 bridgehead atoms. The van der Waals surface area contributed by atoms with Crippen molar-refractivity contribution in [2.45, 2.75) is 19.4 Å². The topological polar surface area (TPSA) is 58.4 Å². The first-order valence-corrected chi connectivity index (χ1v) is 5.46. The van der Waals surface area contributed by atoms with Crippen LogP contribution in [-0.4, -0.2) is 24.4 Å². The SMILES string of the molecule is CCCN(C)C(C(=O)NN)c1ccccc1. The van der Waals surface area contributed by atoms with Gasteiger partial charge in [-0.1, -0.05) is 37.3 Å². The summed E-state index contributed by atoms with van der Waals surface area (Å²) >= 11 is 0. The van der Waals surface area contributed by atoms with Gasteiger partial charge in [-0.2, -0.15) is 0 Å². The summed E-state index contributed by atoms with van der Waals surface area (Å²) in [6.45, 7) is 2.94. The molecule has 88 valence electrons. The van der Waals surface area contributed by atoms with Crippen molar-refractivity contribution in [2.24, 2.45) is 5.84 Å². The van der Waals surface area contributed by atoms with E-state index in [1.807, 2.05) is 42.3 Å². The monoisotopic (exact) mass is 221 g/mol. The lowest BCUT2D eigenvalue weighted by atomic mass is 10.1. The van der Waals surface area contributed by atoms with Gasteiger partial charge in [0.05, 0.1) is 0 Å². The van der Waals surface area contributed by atoms with Gasteiger partial charge < -0.3 is 0 Å². The normalized spacial score (nSPS) is 12.5. The van der Waals surface area contributed by atoms with Crippen molar-refractivity contribution in [3.05, 3.63) is 35.9 Å². The molecule has 0 aliphatic rings. The minimum Gasteiger partial charge on any atom is -0.293 e. The number of carbonyl (C=O) groups excluding carboxylic acids is 1. The molecule has 0 aliphatic heterocycles. The number of nitrogens with two attached hydrogens (primary N) is 1. The summed E-state index contributed by atoms with van der Waals surface area (Å²) < 4.78 is 0. The van der Waals surface area contributed by atoms with Gasteiger partial charge in [-0.3, -0.25) is 15.1 Å². The highest BCUT2D eigenvalue weighted by Crippen LogP contribution is 2.19. The Balaban J connectivity index is 2.92. The third-order valence-corrected chi connectivity index (χ3v) is 2.52. The van der Waals surface area contributed by atoms with Crippen LogP contribution in [0.5, 0.6) is 0 Å². The van der Waals surface area contributed by atoms with Crippen LogP contribution < -0.4 is 11.3 Å². The first-order valence-electron chi connectivity index (χ1n) is 5.46. The number of hydrazine groups is 1. The number of nitrogens with one attached hydrogen (secondary N) is 1. The van der Waals surface area contributed by atoms with Gasteiger partial charge in [0.25, 0.3) is 5.91 Å².